The fourth-order valence-electron chi connectivity index (χ4n) is 2.64. The lowest BCUT2D eigenvalue weighted by Gasteiger charge is -2.08. The number of carbonyl (C=O) groups is 1. The summed E-state index contributed by atoms with van der Waals surface area (Å²) in [6.07, 6.45) is 4.89. The number of nitrogens with zero attached hydrogens (tertiary/aromatic N) is 3. The maximum absolute atomic E-state index is 13.3. The van der Waals surface area contributed by atoms with Gasteiger partial charge in [-0.05, 0) is 48.0 Å². The Morgan fingerprint density at radius 2 is 2.00 bits per heavy atom. The van der Waals surface area contributed by atoms with Gasteiger partial charge in [0.05, 0.1) is 12.0 Å². The molecule has 1 N–H and O–H groups in total. The first-order chi connectivity index (χ1) is 13.2. The van der Waals surface area contributed by atoms with Crippen molar-refractivity contribution >= 4 is 5.91 Å². The molecule has 4 rings (SSSR count). The van der Waals surface area contributed by atoms with Gasteiger partial charge in [-0.1, -0.05) is 6.07 Å². The zero-order valence-corrected chi connectivity index (χ0v) is 14.2. The van der Waals surface area contributed by atoms with E-state index < -0.39 is 0 Å². The first-order valence-corrected chi connectivity index (χ1v) is 8.28. The topological polar surface area (TPSA) is 73.0 Å². The van der Waals surface area contributed by atoms with Crippen LogP contribution in [0.3, 0.4) is 0 Å². The first kappa shape index (κ1) is 16.7. The molecule has 0 aliphatic heterocycles. The summed E-state index contributed by atoms with van der Waals surface area (Å²) in [6.45, 7) is 0.331. The van der Waals surface area contributed by atoms with Crippen molar-refractivity contribution in [2.24, 2.45) is 0 Å². The largest absolute Gasteiger partial charge is 0.463 e. The summed E-state index contributed by atoms with van der Waals surface area (Å²) in [5.41, 5.74) is 2.28. The number of aromatic nitrogens is 3. The van der Waals surface area contributed by atoms with Gasteiger partial charge >= 0.3 is 0 Å². The highest BCUT2D eigenvalue weighted by Crippen LogP contribution is 2.22. The molecule has 4 aromatic rings. The highest BCUT2D eigenvalue weighted by atomic mass is 19.1. The number of hydrogen-bond donors (Lipinski definition) is 1. The van der Waals surface area contributed by atoms with E-state index in [2.05, 4.69) is 15.4 Å². The summed E-state index contributed by atoms with van der Waals surface area (Å²) < 4.78 is 20.1. The Hall–Kier alpha value is -3.74. The van der Waals surface area contributed by atoms with Crippen molar-refractivity contribution in [3.05, 3.63) is 90.3 Å². The van der Waals surface area contributed by atoms with Crippen LogP contribution in [-0.4, -0.2) is 20.7 Å². The monoisotopic (exact) mass is 362 g/mol. The highest BCUT2D eigenvalue weighted by molar-refractivity contribution is 5.94. The molecule has 0 unspecified atom stereocenters. The maximum atomic E-state index is 13.3. The third kappa shape index (κ3) is 3.62. The molecule has 0 atom stereocenters. The van der Waals surface area contributed by atoms with Crippen LogP contribution in [0.2, 0.25) is 0 Å². The minimum absolute atomic E-state index is 0.312. The Bertz CT molecular complexity index is 1040. The number of benzene rings is 1. The number of hydrogen-bond acceptors (Lipinski definition) is 4. The van der Waals surface area contributed by atoms with E-state index in [4.69, 9.17) is 4.42 Å². The van der Waals surface area contributed by atoms with Gasteiger partial charge in [0.1, 0.15) is 17.2 Å². The van der Waals surface area contributed by atoms with Crippen molar-refractivity contribution < 1.29 is 13.6 Å². The Balaban J connectivity index is 1.67. The van der Waals surface area contributed by atoms with Gasteiger partial charge in [-0.25, -0.2) is 9.07 Å². The van der Waals surface area contributed by atoms with Crippen molar-refractivity contribution in [2.75, 3.05) is 0 Å². The zero-order chi connectivity index (χ0) is 18.6. The van der Waals surface area contributed by atoms with Gasteiger partial charge in [-0.2, -0.15) is 5.10 Å². The fourth-order valence-corrected chi connectivity index (χ4v) is 2.64. The smallest absolute Gasteiger partial charge is 0.270 e. The van der Waals surface area contributed by atoms with E-state index in [-0.39, 0.29) is 11.7 Å². The van der Waals surface area contributed by atoms with Crippen LogP contribution in [-0.2, 0) is 6.54 Å². The standard InChI is InChI=1S/C20H15FN4O2/c21-15-5-7-16(8-6-15)25-18(11-17(24-25)19-4-2-10-27-19)20(26)23-13-14-3-1-9-22-12-14/h1-12H,13H2,(H,23,26). The van der Waals surface area contributed by atoms with E-state index in [1.165, 1.54) is 23.1 Å². The van der Waals surface area contributed by atoms with Gasteiger partial charge in [0.25, 0.3) is 5.91 Å². The van der Waals surface area contributed by atoms with E-state index in [0.717, 1.165) is 5.56 Å². The van der Waals surface area contributed by atoms with E-state index >= 15 is 0 Å². The summed E-state index contributed by atoms with van der Waals surface area (Å²) in [4.78, 5) is 16.8. The maximum Gasteiger partial charge on any atom is 0.270 e. The minimum atomic E-state index is -0.361. The lowest BCUT2D eigenvalue weighted by Crippen LogP contribution is -2.25. The van der Waals surface area contributed by atoms with Gasteiger partial charge in [0, 0.05) is 25.0 Å². The number of carbonyl (C=O) groups excluding carboxylic acids is 1. The van der Waals surface area contributed by atoms with Crippen LogP contribution in [0.25, 0.3) is 17.1 Å². The average molecular weight is 362 g/mol. The van der Waals surface area contributed by atoms with Gasteiger partial charge < -0.3 is 9.73 Å². The molecule has 0 radical (unpaired) electrons. The second-order valence-electron chi connectivity index (χ2n) is 5.82. The van der Waals surface area contributed by atoms with Gasteiger partial charge in [-0.3, -0.25) is 9.78 Å². The molecule has 1 aromatic carbocycles. The Kier molecular flexibility index (Phi) is 4.49. The minimum Gasteiger partial charge on any atom is -0.463 e. The van der Waals surface area contributed by atoms with Crippen molar-refractivity contribution in [1.82, 2.24) is 20.1 Å². The number of pyridine rings is 1. The number of furan rings is 1. The first-order valence-electron chi connectivity index (χ1n) is 8.28. The van der Waals surface area contributed by atoms with Crippen LogP contribution in [0, 0.1) is 5.82 Å². The van der Waals surface area contributed by atoms with Crippen LogP contribution < -0.4 is 5.32 Å². The number of rotatable bonds is 5. The molecule has 0 bridgehead atoms. The molecule has 0 spiro atoms. The van der Waals surface area contributed by atoms with E-state index in [9.17, 15) is 9.18 Å². The molecule has 6 nitrogen and oxygen atoms in total. The molecular weight excluding hydrogens is 347 g/mol. The summed E-state index contributed by atoms with van der Waals surface area (Å²) in [7, 11) is 0. The number of halogens is 1. The molecule has 3 heterocycles. The summed E-state index contributed by atoms with van der Waals surface area (Å²) in [5, 5.41) is 7.31. The molecule has 0 aliphatic carbocycles. The van der Waals surface area contributed by atoms with Crippen LogP contribution in [0.4, 0.5) is 4.39 Å². The average Bonchev–Trinajstić information content (AvgIpc) is 3.37. The summed E-state index contributed by atoms with van der Waals surface area (Å²) >= 11 is 0. The molecule has 27 heavy (non-hydrogen) atoms. The Morgan fingerprint density at radius 1 is 1.15 bits per heavy atom. The van der Waals surface area contributed by atoms with Crippen molar-refractivity contribution in [3.8, 4) is 17.1 Å². The van der Waals surface area contributed by atoms with Crippen LogP contribution in [0.1, 0.15) is 16.1 Å². The lowest BCUT2D eigenvalue weighted by atomic mass is 10.2. The number of amides is 1. The lowest BCUT2D eigenvalue weighted by molar-refractivity contribution is 0.0943. The molecule has 0 fully saturated rings. The third-order valence-electron chi connectivity index (χ3n) is 3.96. The Morgan fingerprint density at radius 3 is 2.70 bits per heavy atom. The molecule has 0 saturated heterocycles. The SMILES string of the molecule is O=C(NCc1cccnc1)c1cc(-c2ccco2)nn1-c1ccc(F)cc1. The molecular formula is C20H15FN4O2. The normalized spacial score (nSPS) is 10.7. The van der Waals surface area contributed by atoms with Gasteiger partial charge in [0.15, 0.2) is 5.76 Å². The van der Waals surface area contributed by atoms with E-state index in [1.807, 2.05) is 6.07 Å². The zero-order valence-electron chi connectivity index (χ0n) is 14.2. The Labute approximate surface area is 154 Å². The third-order valence-corrected chi connectivity index (χ3v) is 3.96. The van der Waals surface area contributed by atoms with Gasteiger partial charge in [0.2, 0.25) is 0 Å². The summed E-state index contributed by atoms with van der Waals surface area (Å²) in [6, 6.07) is 14.6. The second-order valence-corrected chi connectivity index (χ2v) is 5.82. The van der Waals surface area contributed by atoms with Crippen molar-refractivity contribution in [1.29, 1.82) is 0 Å². The van der Waals surface area contributed by atoms with Gasteiger partial charge in [-0.15, -0.1) is 0 Å². The van der Waals surface area contributed by atoms with Crippen LogP contribution >= 0.6 is 0 Å². The molecule has 0 aliphatic rings. The fraction of sp³-hybridized carbons (Fsp3) is 0.0500. The number of nitrogens with one attached hydrogen (secondary N) is 1. The van der Waals surface area contributed by atoms with E-state index in [1.54, 1.807) is 48.8 Å². The van der Waals surface area contributed by atoms with E-state index in [0.29, 0.717) is 29.4 Å². The van der Waals surface area contributed by atoms with Crippen molar-refractivity contribution in [3.63, 3.8) is 0 Å². The summed E-state index contributed by atoms with van der Waals surface area (Å²) in [5.74, 6) is -0.134. The predicted octanol–water partition coefficient (Wildman–Crippen LogP) is 3.60. The van der Waals surface area contributed by atoms with Crippen LogP contribution in [0.5, 0.6) is 0 Å². The molecule has 3 aromatic heterocycles. The highest BCUT2D eigenvalue weighted by Gasteiger charge is 2.18. The van der Waals surface area contributed by atoms with Crippen LogP contribution in [0.15, 0.2) is 77.7 Å². The quantitative estimate of drug-likeness (QED) is 0.589. The molecule has 134 valence electrons. The van der Waals surface area contributed by atoms with Crippen molar-refractivity contribution in [2.45, 2.75) is 6.54 Å². The predicted molar refractivity (Wildman–Crippen MR) is 96.6 cm³/mol. The molecule has 0 saturated carbocycles. The second kappa shape index (κ2) is 7.25. The molecule has 7 heteroatoms. The molecule has 1 amide bonds.